The molecule has 0 spiro atoms. The van der Waals surface area contributed by atoms with Gasteiger partial charge in [0.2, 0.25) is 0 Å². The Kier molecular flexibility index (Phi) is 3.17. The highest BCUT2D eigenvalue weighted by atomic mass is 19.1. The number of halogens is 1. The Labute approximate surface area is 89.3 Å². The van der Waals surface area contributed by atoms with Crippen molar-refractivity contribution in [3.8, 4) is 0 Å². The molecule has 0 aliphatic heterocycles. The maximum absolute atomic E-state index is 12.8. The van der Waals surface area contributed by atoms with E-state index >= 15 is 0 Å². The first kappa shape index (κ1) is 10.4. The molecule has 1 aromatic carbocycles. The van der Waals surface area contributed by atoms with Crippen LogP contribution in [0, 0.1) is 11.7 Å². The van der Waals surface area contributed by atoms with Gasteiger partial charge in [-0.15, -0.1) is 0 Å². The molecule has 0 amide bonds. The summed E-state index contributed by atoms with van der Waals surface area (Å²) in [6, 6.07) is 6.52. The fraction of sp³-hybridized carbons (Fsp3) is 0.385. The van der Waals surface area contributed by atoms with Gasteiger partial charge in [0, 0.05) is 12.5 Å². The lowest BCUT2D eigenvalue weighted by Crippen LogP contribution is -2.11. The maximum Gasteiger partial charge on any atom is 0.123 e. The van der Waals surface area contributed by atoms with Gasteiger partial charge in [-0.3, -0.25) is 0 Å². The first-order valence-electron chi connectivity index (χ1n) is 5.38. The predicted octanol–water partition coefficient (Wildman–Crippen LogP) is 3.00. The normalized spacial score (nSPS) is 21.2. The Morgan fingerprint density at radius 1 is 1.27 bits per heavy atom. The number of aliphatic hydroxyl groups excluding tert-OH is 1. The van der Waals surface area contributed by atoms with E-state index < -0.39 is 0 Å². The zero-order chi connectivity index (χ0) is 10.7. The summed E-state index contributed by atoms with van der Waals surface area (Å²) in [7, 11) is 0. The lowest BCUT2D eigenvalue weighted by atomic mass is 9.84. The van der Waals surface area contributed by atoms with Crippen molar-refractivity contribution in [2.24, 2.45) is 5.92 Å². The third kappa shape index (κ3) is 2.26. The van der Waals surface area contributed by atoms with E-state index in [0.717, 1.165) is 24.8 Å². The van der Waals surface area contributed by atoms with Crippen LogP contribution in [0.15, 0.2) is 30.3 Å². The first-order chi connectivity index (χ1) is 7.31. The van der Waals surface area contributed by atoms with Gasteiger partial charge in [0.25, 0.3) is 0 Å². The number of hydrogen-bond donors (Lipinski definition) is 1. The number of hydrogen-bond acceptors (Lipinski definition) is 1. The third-order valence-electron chi connectivity index (χ3n) is 2.96. The van der Waals surface area contributed by atoms with E-state index in [2.05, 4.69) is 6.08 Å². The minimum absolute atomic E-state index is 0.184. The summed E-state index contributed by atoms with van der Waals surface area (Å²) < 4.78 is 12.8. The van der Waals surface area contributed by atoms with Crippen molar-refractivity contribution in [3.05, 3.63) is 41.7 Å². The van der Waals surface area contributed by atoms with Crippen molar-refractivity contribution in [2.75, 3.05) is 6.61 Å². The first-order valence-corrected chi connectivity index (χ1v) is 5.38. The molecule has 1 aromatic rings. The van der Waals surface area contributed by atoms with Crippen LogP contribution >= 0.6 is 0 Å². The molecule has 0 aromatic heterocycles. The maximum atomic E-state index is 12.8. The molecule has 0 saturated heterocycles. The Bertz CT molecular complexity index is 353. The minimum atomic E-state index is -0.212. The zero-order valence-corrected chi connectivity index (χ0v) is 8.62. The molecular weight excluding hydrogens is 191 g/mol. The molecule has 0 heterocycles. The summed E-state index contributed by atoms with van der Waals surface area (Å²) in [6.45, 7) is 0.184. The fourth-order valence-corrected chi connectivity index (χ4v) is 2.13. The lowest BCUT2D eigenvalue weighted by Gasteiger charge is -2.22. The van der Waals surface area contributed by atoms with Crippen LogP contribution in [0.2, 0.25) is 0 Å². The van der Waals surface area contributed by atoms with Crippen LogP contribution in [0.4, 0.5) is 4.39 Å². The third-order valence-corrected chi connectivity index (χ3v) is 2.96. The van der Waals surface area contributed by atoms with E-state index in [1.54, 1.807) is 12.1 Å². The van der Waals surface area contributed by atoms with Gasteiger partial charge in [0.15, 0.2) is 0 Å². The molecule has 1 aliphatic carbocycles. The molecule has 1 atom stereocenters. The topological polar surface area (TPSA) is 20.2 Å². The second-order valence-electron chi connectivity index (χ2n) is 3.98. The van der Waals surface area contributed by atoms with E-state index in [-0.39, 0.29) is 18.3 Å². The van der Waals surface area contributed by atoms with Crippen LogP contribution < -0.4 is 0 Å². The van der Waals surface area contributed by atoms with Gasteiger partial charge in [-0.25, -0.2) is 4.39 Å². The van der Waals surface area contributed by atoms with Gasteiger partial charge >= 0.3 is 0 Å². The summed E-state index contributed by atoms with van der Waals surface area (Å²) in [5.74, 6) is 0.0138. The highest BCUT2D eigenvalue weighted by Gasteiger charge is 2.17. The quantitative estimate of drug-likeness (QED) is 0.788. The summed E-state index contributed by atoms with van der Waals surface area (Å²) in [5, 5.41) is 9.26. The molecule has 1 nitrogen and oxygen atoms in total. The van der Waals surface area contributed by atoms with Gasteiger partial charge in [-0.1, -0.05) is 18.2 Å². The average molecular weight is 206 g/mol. The van der Waals surface area contributed by atoms with Gasteiger partial charge in [-0.05, 0) is 42.5 Å². The molecular formula is C13H15FO. The number of aliphatic hydroxyl groups is 1. The molecule has 2 heteroatoms. The van der Waals surface area contributed by atoms with Crippen molar-refractivity contribution in [1.82, 2.24) is 0 Å². The van der Waals surface area contributed by atoms with E-state index in [0.29, 0.717) is 0 Å². The largest absolute Gasteiger partial charge is 0.396 e. The molecule has 15 heavy (non-hydrogen) atoms. The minimum Gasteiger partial charge on any atom is -0.396 e. The summed E-state index contributed by atoms with van der Waals surface area (Å²) in [4.78, 5) is 0. The van der Waals surface area contributed by atoms with Gasteiger partial charge < -0.3 is 5.11 Å². The summed E-state index contributed by atoms with van der Waals surface area (Å²) >= 11 is 0. The Morgan fingerprint density at radius 2 is 2.00 bits per heavy atom. The van der Waals surface area contributed by atoms with Crippen molar-refractivity contribution in [2.45, 2.75) is 19.3 Å². The number of benzene rings is 1. The van der Waals surface area contributed by atoms with Crippen LogP contribution in [0.25, 0.3) is 5.57 Å². The van der Waals surface area contributed by atoms with Crippen LogP contribution in [0.1, 0.15) is 24.8 Å². The molecule has 0 radical (unpaired) electrons. The van der Waals surface area contributed by atoms with E-state index in [4.69, 9.17) is 0 Å². The van der Waals surface area contributed by atoms with Gasteiger partial charge in [-0.2, -0.15) is 0 Å². The molecule has 0 saturated carbocycles. The monoisotopic (exact) mass is 206 g/mol. The summed E-state index contributed by atoms with van der Waals surface area (Å²) in [5.41, 5.74) is 2.21. The molecule has 0 unspecified atom stereocenters. The van der Waals surface area contributed by atoms with Crippen molar-refractivity contribution in [3.63, 3.8) is 0 Å². The van der Waals surface area contributed by atoms with Gasteiger partial charge in [0.1, 0.15) is 5.82 Å². The number of rotatable bonds is 2. The van der Waals surface area contributed by atoms with Crippen molar-refractivity contribution < 1.29 is 9.50 Å². The fourth-order valence-electron chi connectivity index (χ4n) is 2.13. The van der Waals surface area contributed by atoms with E-state index in [1.807, 2.05) is 0 Å². The highest BCUT2D eigenvalue weighted by Crippen LogP contribution is 2.32. The smallest absolute Gasteiger partial charge is 0.123 e. The standard InChI is InChI=1S/C13H15FO/c14-12-7-5-10(6-8-12)13-4-2-1-3-11(13)9-15/h4-8,11,15H,1-3,9H2/t11-/m1/s1. The van der Waals surface area contributed by atoms with Crippen molar-refractivity contribution >= 4 is 5.57 Å². The Balaban J connectivity index is 2.28. The molecule has 80 valence electrons. The Morgan fingerprint density at radius 3 is 2.67 bits per heavy atom. The van der Waals surface area contributed by atoms with Crippen LogP contribution in [-0.2, 0) is 0 Å². The molecule has 0 fully saturated rings. The molecule has 1 N–H and O–H groups in total. The SMILES string of the molecule is OC[C@H]1CCCC=C1c1ccc(F)cc1. The zero-order valence-electron chi connectivity index (χ0n) is 8.62. The molecule has 1 aliphatic rings. The van der Waals surface area contributed by atoms with Crippen LogP contribution in [0.5, 0.6) is 0 Å². The predicted molar refractivity (Wildman–Crippen MR) is 58.8 cm³/mol. The van der Waals surface area contributed by atoms with Crippen LogP contribution in [-0.4, -0.2) is 11.7 Å². The summed E-state index contributed by atoms with van der Waals surface area (Å²) in [6.07, 6.45) is 5.39. The van der Waals surface area contributed by atoms with Crippen molar-refractivity contribution in [1.29, 1.82) is 0 Å². The number of allylic oxidation sites excluding steroid dienone is 1. The molecule has 2 rings (SSSR count). The molecule has 0 bridgehead atoms. The van der Waals surface area contributed by atoms with Gasteiger partial charge in [0.05, 0.1) is 0 Å². The average Bonchev–Trinajstić information content (AvgIpc) is 2.30. The second-order valence-corrected chi connectivity index (χ2v) is 3.98. The van der Waals surface area contributed by atoms with E-state index in [9.17, 15) is 9.50 Å². The lowest BCUT2D eigenvalue weighted by molar-refractivity contribution is 0.246. The second kappa shape index (κ2) is 4.58. The highest BCUT2D eigenvalue weighted by molar-refractivity contribution is 5.68. The van der Waals surface area contributed by atoms with E-state index in [1.165, 1.54) is 17.7 Å². The Hall–Kier alpha value is -1.15. The van der Waals surface area contributed by atoms with Crippen LogP contribution in [0.3, 0.4) is 0 Å².